The second-order valence-electron chi connectivity index (χ2n) is 8.72. The second-order valence-corrected chi connectivity index (χ2v) is 8.72. The number of phenolic OH excluding ortho intramolecular Hbond substituents is 2. The number of carbonyl (C=O) groups excluding carboxylic acids is 2. The zero-order chi connectivity index (χ0) is 22.7. The molecule has 8 heteroatoms. The van der Waals surface area contributed by atoms with E-state index in [1.807, 2.05) is 0 Å². The maximum absolute atomic E-state index is 13.2. The van der Waals surface area contributed by atoms with Gasteiger partial charge in [0.05, 0.1) is 29.4 Å². The van der Waals surface area contributed by atoms with Gasteiger partial charge in [-0.1, -0.05) is 24.3 Å². The zero-order valence-electron chi connectivity index (χ0n) is 17.6. The highest BCUT2D eigenvalue weighted by molar-refractivity contribution is 6.30. The van der Waals surface area contributed by atoms with Crippen molar-refractivity contribution < 1.29 is 34.4 Å². The molecule has 0 radical (unpaired) electrons. The molecule has 0 unspecified atom stereocenters. The summed E-state index contributed by atoms with van der Waals surface area (Å²) in [5.74, 6) is -1.61. The summed E-state index contributed by atoms with van der Waals surface area (Å²) in [6, 6.07) is 5.86. The SMILES string of the molecule is C[C@@H]1O[C@@H](O[C@@H]2CCCc3c(O)c4c(c(O)c32)C(=O)c2ccccc2C4=O)C[C@@H](N)[C@@H]1O. The third-order valence-corrected chi connectivity index (χ3v) is 6.74. The van der Waals surface area contributed by atoms with E-state index < -0.39 is 42.2 Å². The molecule has 0 amide bonds. The number of hydrogen-bond donors (Lipinski definition) is 4. The van der Waals surface area contributed by atoms with E-state index in [0.29, 0.717) is 30.4 Å². The Bertz CT molecular complexity index is 1120. The van der Waals surface area contributed by atoms with Crippen LogP contribution in [0.2, 0.25) is 0 Å². The minimum absolute atomic E-state index is 0.154. The van der Waals surface area contributed by atoms with E-state index in [1.54, 1.807) is 25.1 Å². The number of aromatic hydroxyl groups is 2. The molecule has 2 aromatic carbocycles. The number of phenols is 2. The summed E-state index contributed by atoms with van der Waals surface area (Å²) >= 11 is 0. The molecule has 5 N–H and O–H groups in total. The quantitative estimate of drug-likeness (QED) is 0.445. The number of carbonyl (C=O) groups is 2. The van der Waals surface area contributed by atoms with Gasteiger partial charge in [-0.05, 0) is 26.2 Å². The molecular weight excluding hydrogens is 414 g/mol. The van der Waals surface area contributed by atoms with Crippen LogP contribution in [-0.2, 0) is 15.9 Å². The van der Waals surface area contributed by atoms with Gasteiger partial charge in [-0.25, -0.2) is 0 Å². The van der Waals surface area contributed by atoms with Crippen molar-refractivity contribution in [1.29, 1.82) is 0 Å². The lowest BCUT2D eigenvalue weighted by atomic mass is 9.77. The maximum Gasteiger partial charge on any atom is 0.198 e. The monoisotopic (exact) mass is 439 g/mol. The topological polar surface area (TPSA) is 139 Å². The molecule has 8 nitrogen and oxygen atoms in total. The summed E-state index contributed by atoms with van der Waals surface area (Å²) < 4.78 is 11.9. The van der Waals surface area contributed by atoms with Gasteiger partial charge < -0.3 is 30.5 Å². The molecule has 1 fully saturated rings. The molecule has 2 aromatic rings. The number of ketones is 2. The van der Waals surface area contributed by atoms with Gasteiger partial charge >= 0.3 is 0 Å². The smallest absolute Gasteiger partial charge is 0.198 e. The number of ether oxygens (including phenoxy) is 2. The lowest BCUT2D eigenvalue weighted by Gasteiger charge is -2.39. The summed E-state index contributed by atoms with van der Waals surface area (Å²) in [6.07, 6.45) is -0.812. The first-order chi connectivity index (χ1) is 15.3. The van der Waals surface area contributed by atoms with Crippen molar-refractivity contribution in [2.45, 2.75) is 63.3 Å². The first-order valence-corrected chi connectivity index (χ1v) is 10.8. The lowest BCUT2D eigenvalue weighted by molar-refractivity contribution is -0.242. The Hall–Kier alpha value is -2.78. The predicted octanol–water partition coefficient (Wildman–Crippen LogP) is 2.09. The van der Waals surface area contributed by atoms with Gasteiger partial charge in [0.1, 0.15) is 11.5 Å². The fourth-order valence-corrected chi connectivity index (χ4v) is 5.08. The van der Waals surface area contributed by atoms with Crippen LogP contribution in [0.15, 0.2) is 24.3 Å². The Morgan fingerprint density at radius 3 is 2.31 bits per heavy atom. The molecule has 5 atom stereocenters. The number of benzene rings is 2. The number of aliphatic hydroxyl groups excluding tert-OH is 1. The van der Waals surface area contributed by atoms with Crippen LogP contribution in [0.4, 0.5) is 0 Å². The predicted molar refractivity (Wildman–Crippen MR) is 113 cm³/mol. The molecule has 0 saturated carbocycles. The van der Waals surface area contributed by atoms with Crippen molar-refractivity contribution in [3.63, 3.8) is 0 Å². The Labute approximate surface area is 184 Å². The highest BCUT2D eigenvalue weighted by Crippen LogP contribution is 2.49. The van der Waals surface area contributed by atoms with Crippen molar-refractivity contribution in [2.24, 2.45) is 5.73 Å². The third kappa shape index (κ3) is 3.06. The Morgan fingerprint density at radius 1 is 1.06 bits per heavy atom. The maximum atomic E-state index is 13.2. The van der Waals surface area contributed by atoms with Gasteiger partial charge in [-0.15, -0.1) is 0 Å². The van der Waals surface area contributed by atoms with Gasteiger partial charge in [-0.2, -0.15) is 0 Å². The molecule has 3 aliphatic rings. The first-order valence-electron chi connectivity index (χ1n) is 10.8. The molecular formula is C24H25NO7. The molecule has 168 valence electrons. The summed E-state index contributed by atoms with van der Waals surface area (Å²) in [4.78, 5) is 26.3. The van der Waals surface area contributed by atoms with Crippen molar-refractivity contribution >= 4 is 11.6 Å². The molecule has 1 aliphatic heterocycles. The van der Waals surface area contributed by atoms with E-state index in [2.05, 4.69) is 0 Å². The van der Waals surface area contributed by atoms with E-state index in [0.717, 1.165) is 0 Å². The van der Waals surface area contributed by atoms with Gasteiger partial charge in [0, 0.05) is 34.7 Å². The molecule has 5 rings (SSSR count). The highest BCUT2D eigenvalue weighted by atomic mass is 16.7. The summed E-state index contributed by atoms with van der Waals surface area (Å²) in [5.41, 5.74) is 6.78. The average Bonchev–Trinajstić information content (AvgIpc) is 2.78. The average molecular weight is 439 g/mol. The van der Waals surface area contributed by atoms with Crippen LogP contribution in [0, 0.1) is 0 Å². The molecule has 0 bridgehead atoms. The van der Waals surface area contributed by atoms with Gasteiger partial charge in [0.25, 0.3) is 0 Å². The van der Waals surface area contributed by atoms with Crippen LogP contribution >= 0.6 is 0 Å². The first kappa shape index (κ1) is 21.1. The number of aliphatic hydroxyl groups is 1. The van der Waals surface area contributed by atoms with Gasteiger partial charge in [-0.3, -0.25) is 9.59 Å². The molecule has 0 aromatic heterocycles. The third-order valence-electron chi connectivity index (χ3n) is 6.74. The standard InChI is InChI=1S/C24H25NO7/c1-10-20(26)14(25)9-16(31-10)32-15-8-4-7-13-17(15)24(30)19-18(23(13)29)21(27)11-5-2-3-6-12(11)22(19)28/h2-3,5-6,10,14-16,20,26,29-30H,4,7-9,25H2,1H3/t10-,14+,15+,16-,20+/m0/s1. The highest BCUT2D eigenvalue weighted by Gasteiger charge is 2.41. The van der Waals surface area contributed by atoms with Crippen LogP contribution in [0.3, 0.4) is 0 Å². The number of fused-ring (bicyclic) bond motifs is 3. The van der Waals surface area contributed by atoms with Crippen molar-refractivity contribution in [3.05, 3.63) is 57.6 Å². The van der Waals surface area contributed by atoms with E-state index in [1.165, 1.54) is 6.07 Å². The molecule has 1 saturated heterocycles. The Morgan fingerprint density at radius 2 is 1.69 bits per heavy atom. The van der Waals surface area contributed by atoms with Crippen molar-refractivity contribution in [1.82, 2.24) is 0 Å². The molecule has 1 heterocycles. The summed E-state index contributed by atoms with van der Waals surface area (Å²) in [6.45, 7) is 1.70. The molecule has 0 spiro atoms. The van der Waals surface area contributed by atoms with E-state index >= 15 is 0 Å². The summed E-state index contributed by atoms with van der Waals surface area (Å²) in [5, 5.41) is 32.3. The fraction of sp³-hybridized carbons (Fsp3) is 0.417. The van der Waals surface area contributed by atoms with Gasteiger partial charge in [0.15, 0.2) is 17.9 Å². The van der Waals surface area contributed by atoms with Crippen LogP contribution in [0.5, 0.6) is 11.5 Å². The Kier molecular flexibility index (Phi) is 5.05. The normalized spacial score (nSPS) is 29.3. The van der Waals surface area contributed by atoms with Crippen molar-refractivity contribution in [2.75, 3.05) is 0 Å². The summed E-state index contributed by atoms with van der Waals surface area (Å²) in [7, 11) is 0. The van der Waals surface area contributed by atoms with Crippen molar-refractivity contribution in [3.8, 4) is 11.5 Å². The minimum Gasteiger partial charge on any atom is -0.507 e. The van der Waals surface area contributed by atoms with Crippen LogP contribution < -0.4 is 5.73 Å². The lowest BCUT2D eigenvalue weighted by Crippen LogP contribution is -2.51. The minimum atomic E-state index is -0.804. The van der Waals surface area contributed by atoms with Crippen LogP contribution in [0.25, 0.3) is 0 Å². The molecule has 2 aliphatic carbocycles. The number of rotatable bonds is 2. The van der Waals surface area contributed by atoms with Crippen LogP contribution in [-0.4, -0.2) is 51.4 Å². The second kappa shape index (κ2) is 7.67. The zero-order valence-corrected chi connectivity index (χ0v) is 17.6. The Balaban J connectivity index is 1.58. The van der Waals surface area contributed by atoms with E-state index in [-0.39, 0.29) is 40.2 Å². The van der Waals surface area contributed by atoms with E-state index in [9.17, 15) is 24.9 Å². The molecule has 32 heavy (non-hydrogen) atoms. The largest absolute Gasteiger partial charge is 0.507 e. The number of hydrogen-bond acceptors (Lipinski definition) is 8. The van der Waals surface area contributed by atoms with Crippen LogP contribution in [0.1, 0.15) is 75.3 Å². The van der Waals surface area contributed by atoms with Gasteiger partial charge in [0.2, 0.25) is 0 Å². The number of nitrogens with two attached hydrogens (primary N) is 1. The fourth-order valence-electron chi connectivity index (χ4n) is 5.08. The van der Waals surface area contributed by atoms with E-state index in [4.69, 9.17) is 15.2 Å².